The van der Waals surface area contributed by atoms with Gasteiger partial charge in [0, 0.05) is 0 Å². The summed E-state index contributed by atoms with van der Waals surface area (Å²) in [6.07, 6.45) is 2.82. The van der Waals surface area contributed by atoms with Gasteiger partial charge in [-0.2, -0.15) is 0 Å². The van der Waals surface area contributed by atoms with Gasteiger partial charge >= 0.3 is 0 Å². The van der Waals surface area contributed by atoms with Crippen molar-refractivity contribution >= 4 is 0 Å². The Morgan fingerprint density at radius 1 is 1.14 bits per heavy atom. The third-order valence-corrected chi connectivity index (χ3v) is 4.62. The lowest BCUT2D eigenvalue weighted by Gasteiger charge is -2.24. The SMILES string of the molecule is Cc1cccc2c1C1CCC2C1(C)C. The number of rotatable bonds is 0. The van der Waals surface area contributed by atoms with Crippen molar-refractivity contribution in [2.24, 2.45) is 5.41 Å². The van der Waals surface area contributed by atoms with Crippen LogP contribution in [0.15, 0.2) is 18.2 Å². The first kappa shape index (κ1) is 8.52. The van der Waals surface area contributed by atoms with Gasteiger partial charge in [-0.1, -0.05) is 32.0 Å². The quantitative estimate of drug-likeness (QED) is 0.574. The van der Waals surface area contributed by atoms with Crippen LogP contribution < -0.4 is 0 Å². The molecule has 0 heteroatoms. The van der Waals surface area contributed by atoms with E-state index in [4.69, 9.17) is 0 Å². The molecule has 0 radical (unpaired) electrons. The normalized spacial score (nSPS) is 31.9. The van der Waals surface area contributed by atoms with Crippen molar-refractivity contribution in [1.29, 1.82) is 0 Å². The standard InChI is InChI=1S/C14H18/c1-9-5-4-6-10-11-7-8-12(13(9)10)14(11,2)3/h4-6,11-12H,7-8H2,1-3H3. The average molecular weight is 186 g/mol. The Balaban J connectivity index is 2.26. The van der Waals surface area contributed by atoms with Gasteiger partial charge in [0.15, 0.2) is 0 Å². The summed E-state index contributed by atoms with van der Waals surface area (Å²) in [6.45, 7) is 7.18. The van der Waals surface area contributed by atoms with Crippen LogP contribution in [0.1, 0.15) is 55.2 Å². The first-order valence-electron chi connectivity index (χ1n) is 5.72. The van der Waals surface area contributed by atoms with Crippen LogP contribution >= 0.6 is 0 Å². The maximum absolute atomic E-state index is 2.45. The summed E-state index contributed by atoms with van der Waals surface area (Å²) < 4.78 is 0. The van der Waals surface area contributed by atoms with Crippen LogP contribution in [-0.2, 0) is 0 Å². The predicted octanol–water partition coefficient (Wildman–Crippen LogP) is 4.00. The largest absolute Gasteiger partial charge is 0.0617 e. The zero-order valence-electron chi connectivity index (χ0n) is 9.30. The van der Waals surface area contributed by atoms with Gasteiger partial charge < -0.3 is 0 Å². The van der Waals surface area contributed by atoms with Gasteiger partial charge in [0.2, 0.25) is 0 Å². The first-order valence-corrected chi connectivity index (χ1v) is 5.72. The molecule has 0 N–H and O–H groups in total. The molecule has 1 fully saturated rings. The number of hydrogen-bond donors (Lipinski definition) is 0. The van der Waals surface area contributed by atoms with Gasteiger partial charge in [-0.3, -0.25) is 0 Å². The van der Waals surface area contributed by atoms with Crippen molar-refractivity contribution in [1.82, 2.24) is 0 Å². The molecule has 2 aliphatic rings. The lowest BCUT2D eigenvalue weighted by molar-refractivity contribution is 0.325. The van der Waals surface area contributed by atoms with Crippen LogP contribution in [-0.4, -0.2) is 0 Å². The van der Waals surface area contributed by atoms with Crippen LogP contribution in [0.3, 0.4) is 0 Å². The zero-order valence-corrected chi connectivity index (χ0v) is 9.30. The highest BCUT2D eigenvalue weighted by Gasteiger charge is 2.51. The molecule has 0 aliphatic heterocycles. The molecule has 74 valence electrons. The van der Waals surface area contributed by atoms with Crippen LogP contribution in [0, 0.1) is 12.3 Å². The summed E-state index contributed by atoms with van der Waals surface area (Å²) in [5.74, 6) is 1.67. The summed E-state index contributed by atoms with van der Waals surface area (Å²) in [5.41, 5.74) is 5.39. The maximum Gasteiger partial charge on any atom is -0.00991 e. The van der Waals surface area contributed by atoms with Gasteiger partial charge in [-0.15, -0.1) is 0 Å². The summed E-state index contributed by atoms with van der Waals surface area (Å²) in [4.78, 5) is 0. The van der Waals surface area contributed by atoms with Gasteiger partial charge in [0.1, 0.15) is 0 Å². The van der Waals surface area contributed by atoms with E-state index in [-0.39, 0.29) is 0 Å². The average Bonchev–Trinajstić information content (AvgIpc) is 2.54. The van der Waals surface area contributed by atoms with Crippen LogP contribution in [0.4, 0.5) is 0 Å². The molecule has 1 aromatic rings. The van der Waals surface area contributed by atoms with Crippen molar-refractivity contribution in [2.45, 2.75) is 45.4 Å². The second kappa shape index (κ2) is 2.42. The summed E-state index contributed by atoms with van der Waals surface area (Å²) in [6, 6.07) is 6.86. The van der Waals surface area contributed by atoms with Crippen LogP contribution in [0.5, 0.6) is 0 Å². The Morgan fingerprint density at radius 2 is 1.86 bits per heavy atom. The highest BCUT2D eigenvalue weighted by Crippen LogP contribution is 2.64. The van der Waals surface area contributed by atoms with E-state index in [0.29, 0.717) is 5.41 Å². The Labute approximate surface area is 86.3 Å². The second-order valence-corrected chi connectivity index (χ2v) is 5.58. The summed E-state index contributed by atoms with van der Waals surface area (Å²) in [5, 5.41) is 0. The van der Waals surface area contributed by atoms with Crippen LogP contribution in [0.2, 0.25) is 0 Å². The minimum Gasteiger partial charge on any atom is -0.0617 e. The van der Waals surface area contributed by atoms with E-state index in [9.17, 15) is 0 Å². The van der Waals surface area contributed by atoms with Crippen LogP contribution in [0.25, 0.3) is 0 Å². The molecule has 2 atom stereocenters. The van der Waals surface area contributed by atoms with Crippen molar-refractivity contribution in [3.8, 4) is 0 Å². The number of fused-ring (bicyclic) bond motifs is 5. The molecule has 14 heavy (non-hydrogen) atoms. The smallest absolute Gasteiger partial charge is 0.00991 e. The van der Waals surface area contributed by atoms with E-state index in [1.807, 2.05) is 0 Å². The molecule has 0 aromatic heterocycles. The number of benzene rings is 1. The molecule has 0 saturated heterocycles. The topological polar surface area (TPSA) is 0 Å². The molecule has 2 aliphatic carbocycles. The third kappa shape index (κ3) is 0.802. The molecular formula is C14H18. The molecule has 0 amide bonds. The minimum absolute atomic E-state index is 0.522. The maximum atomic E-state index is 2.45. The molecule has 0 nitrogen and oxygen atoms in total. The number of aryl methyl sites for hydroxylation is 1. The molecule has 1 saturated carbocycles. The van der Waals surface area contributed by atoms with E-state index in [1.54, 1.807) is 11.1 Å². The zero-order chi connectivity index (χ0) is 9.92. The van der Waals surface area contributed by atoms with Crippen molar-refractivity contribution in [3.63, 3.8) is 0 Å². The van der Waals surface area contributed by atoms with Crippen molar-refractivity contribution in [3.05, 3.63) is 34.9 Å². The molecule has 0 spiro atoms. The van der Waals surface area contributed by atoms with E-state index < -0.39 is 0 Å². The van der Waals surface area contributed by atoms with Gasteiger partial charge in [-0.25, -0.2) is 0 Å². The fourth-order valence-electron chi connectivity index (χ4n) is 3.88. The molecular weight excluding hydrogens is 168 g/mol. The monoisotopic (exact) mass is 186 g/mol. The first-order chi connectivity index (χ1) is 6.62. The molecule has 2 bridgehead atoms. The van der Waals surface area contributed by atoms with Gasteiger partial charge in [0.25, 0.3) is 0 Å². The highest BCUT2D eigenvalue weighted by atomic mass is 14.5. The second-order valence-electron chi connectivity index (χ2n) is 5.58. The van der Waals surface area contributed by atoms with Gasteiger partial charge in [0.05, 0.1) is 0 Å². The van der Waals surface area contributed by atoms with E-state index in [2.05, 4.69) is 39.0 Å². The number of hydrogen-bond acceptors (Lipinski definition) is 0. The molecule has 2 unspecified atom stereocenters. The van der Waals surface area contributed by atoms with Gasteiger partial charge in [-0.05, 0) is 53.7 Å². The van der Waals surface area contributed by atoms with Crippen molar-refractivity contribution < 1.29 is 0 Å². The summed E-state index contributed by atoms with van der Waals surface area (Å²) >= 11 is 0. The third-order valence-electron chi connectivity index (χ3n) is 4.62. The lowest BCUT2D eigenvalue weighted by atomic mass is 9.80. The van der Waals surface area contributed by atoms with E-state index >= 15 is 0 Å². The lowest BCUT2D eigenvalue weighted by Crippen LogP contribution is -2.14. The Bertz CT molecular complexity index is 387. The summed E-state index contributed by atoms with van der Waals surface area (Å²) in [7, 11) is 0. The van der Waals surface area contributed by atoms with Crippen molar-refractivity contribution in [2.75, 3.05) is 0 Å². The minimum atomic E-state index is 0.522. The predicted molar refractivity (Wildman–Crippen MR) is 59.7 cm³/mol. The fourth-order valence-corrected chi connectivity index (χ4v) is 3.88. The molecule has 0 heterocycles. The van der Waals surface area contributed by atoms with E-state index in [0.717, 1.165) is 11.8 Å². The fraction of sp³-hybridized carbons (Fsp3) is 0.571. The molecule has 1 aromatic carbocycles. The molecule has 3 rings (SSSR count). The highest BCUT2D eigenvalue weighted by molar-refractivity contribution is 5.48. The van der Waals surface area contributed by atoms with E-state index in [1.165, 1.54) is 18.4 Å². The Hall–Kier alpha value is -0.780. The Kier molecular flexibility index (Phi) is 1.47. The Morgan fingerprint density at radius 3 is 2.57 bits per heavy atom.